The number of rotatable bonds is 7. The van der Waals surface area contributed by atoms with Crippen LogP contribution in [0.3, 0.4) is 0 Å². The molecule has 21 heavy (non-hydrogen) atoms. The number of alkyl halides is 2. The second-order valence-corrected chi connectivity index (χ2v) is 5.82. The Balaban J connectivity index is 2.58. The number of carbonyl (C=O) groups is 1. The highest BCUT2D eigenvalue weighted by Crippen LogP contribution is 2.17. The number of nitrogens with zero attached hydrogens (tertiary/aromatic N) is 1. The maximum absolute atomic E-state index is 12.1. The highest BCUT2D eigenvalue weighted by atomic mass is 19.3. The van der Waals surface area contributed by atoms with Gasteiger partial charge in [-0.2, -0.15) is 8.78 Å². The smallest absolute Gasteiger partial charge is 0.387 e. The maximum Gasteiger partial charge on any atom is 0.387 e. The summed E-state index contributed by atoms with van der Waals surface area (Å²) in [5.74, 6) is 0.0397. The van der Waals surface area contributed by atoms with Crippen molar-refractivity contribution in [1.82, 2.24) is 4.90 Å². The van der Waals surface area contributed by atoms with Crippen molar-refractivity contribution in [2.24, 2.45) is 11.1 Å². The molecule has 1 amide bonds. The average Bonchev–Trinajstić information content (AvgIpc) is 2.40. The predicted octanol–water partition coefficient (Wildman–Crippen LogP) is 2.27. The highest BCUT2D eigenvalue weighted by molar-refractivity contribution is 5.78. The van der Waals surface area contributed by atoms with Gasteiger partial charge >= 0.3 is 6.61 Å². The van der Waals surface area contributed by atoms with Crippen molar-refractivity contribution in [3.8, 4) is 5.75 Å². The molecule has 1 rings (SSSR count). The number of hydrogen-bond acceptors (Lipinski definition) is 3. The van der Waals surface area contributed by atoms with E-state index in [1.54, 1.807) is 24.1 Å². The number of halogens is 2. The molecule has 0 aliphatic rings. The molecule has 0 aliphatic carbocycles. The van der Waals surface area contributed by atoms with Crippen LogP contribution >= 0.6 is 0 Å². The molecule has 0 heterocycles. The van der Waals surface area contributed by atoms with E-state index in [9.17, 15) is 13.6 Å². The van der Waals surface area contributed by atoms with Gasteiger partial charge in [-0.1, -0.05) is 26.0 Å². The quantitative estimate of drug-likeness (QED) is 0.840. The first-order valence-electron chi connectivity index (χ1n) is 6.71. The minimum absolute atomic E-state index is 0.0425. The van der Waals surface area contributed by atoms with Crippen molar-refractivity contribution in [3.63, 3.8) is 0 Å². The van der Waals surface area contributed by atoms with Crippen LogP contribution in [0.4, 0.5) is 8.78 Å². The molecule has 0 radical (unpaired) electrons. The van der Waals surface area contributed by atoms with E-state index in [4.69, 9.17) is 5.73 Å². The van der Waals surface area contributed by atoms with Gasteiger partial charge in [0.05, 0.1) is 6.42 Å². The number of amides is 1. The van der Waals surface area contributed by atoms with E-state index in [0.717, 1.165) is 5.56 Å². The fraction of sp³-hybridized carbons (Fsp3) is 0.533. The van der Waals surface area contributed by atoms with E-state index in [0.29, 0.717) is 13.1 Å². The van der Waals surface area contributed by atoms with Crippen LogP contribution in [0.5, 0.6) is 5.75 Å². The summed E-state index contributed by atoms with van der Waals surface area (Å²) in [5, 5.41) is 0. The zero-order valence-corrected chi connectivity index (χ0v) is 12.6. The topological polar surface area (TPSA) is 55.6 Å². The van der Waals surface area contributed by atoms with Gasteiger partial charge in [-0.25, -0.2) is 0 Å². The molecule has 0 aromatic heterocycles. The van der Waals surface area contributed by atoms with Gasteiger partial charge in [0.15, 0.2) is 0 Å². The van der Waals surface area contributed by atoms with Crippen LogP contribution in [-0.2, 0) is 11.2 Å². The molecule has 6 heteroatoms. The second kappa shape index (κ2) is 7.36. The first-order valence-corrected chi connectivity index (χ1v) is 6.71. The van der Waals surface area contributed by atoms with E-state index in [1.165, 1.54) is 12.1 Å². The van der Waals surface area contributed by atoms with Crippen LogP contribution in [0, 0.1) is 5.41 Å². The fourth-order valence-corrected chi connectivity index (χ4v) is 1.89. The summed E-state index contributed by atoms with van der Waals surface area (Å²) in [6.07, 6.45) is 0.214. The molecule has 0 bridgehead atoms. The van der Waals surface area contributed by atoms with E-state index in [2.05, 4.69) is 4.74 Å². The summed E-state index contributed by atoms with van der Waals surface area (Å²) in [4.78, 5) is 13.7. The monoisotopic (exact) mass is 300 g/mol. The molecule has 1 aromatic rings. The summed E-state index contributed by atoms with van der Waals surface area (Å²) >= 11 is 0. The molecule has 0 unspecified atom stereocenters. The Morgan fingerprint density at radius 1 is 1.33 bits per heavy atom. The lowest BCUT2D eigenvalue weighted by molar-refractivity contribution is -0.130. The molecule has 0 atom stereocenters. The molecule has 118 valence electrons. The number of nitrogens with two attached hydrogens (primary N) is 1. The molecule has 0 aliphatic heterocycles. The van der Waals surface area contributed by atoms with Gasteiger partial charge in [0.25, 0.3) is 0 Å². The molecule has 4 nitrogen and oxygen atoms in total. The molecule has 2 N–H and O–H groups in total. The Hall–Kier alpha value is -1.69. The third kappa shape index (κ3) is 6.08. The summed E-state index contributed by atoms with van der Waals surface area (Å²) in [6.45, 7) is 2.20. The van der Waals surface area contributed by atoms with Crippen molar-refractivity contribution in [2.75, 3.05) is 20.1 Å². The van der Waals surface area contributed by atoms with Crippen LogP contribution < -0.4 is 10.5 Å². The van der Waals surface area contributed by atoms with Crippen LogP contribution in [0.1, 0.15) is 19.4 Å². The van der Waals surface area contributed by atoms with E-state index in [1.807, 2.05) is 13.8 Å². The average molecular weight is 300 g/mol. The Bertz CT molecular complexity index is 461. The SMILES string of the molecule is CN(CC(C)(C)CN)C(=O)Cc1ccc(OC(F)F)cc1. The van der Waals surface area contributed by atoms with Gasteiger partial charge in [-0.05, 0) is 29.7 Å². The standard InChI is InChI=1S/C15H22F2N2O2/c1-15(2,9-18)10-19(3)13(20)8-11-4-6-12(7-5-11)21-14(16)17/h4-7,14H,8-10,18H2,1-3H3. The zero-order valence-electron chi connectivity index (χ0n) is 12.6. The second-order valence-electron chi connectivity index (χ2n) is 5.82. The largest absolute Gasteiger partial charge is 0.435 e. The fourth-order valence-electron chi connectivity index (χ4n) is 1.89. The minimum atomic E-state index is -2.85. The summed E-state index contributed by atoms with van der Waals surface area (Å²) in [5.41, 5.74) is 6.26. The van der Waals surface area contributed by atoms with Crippen LogP contribution in [-0.4, -0.2) is 37.6 Å². The third-order valence-electron chi connectivity index (χ3n) is 3.15. The summed E-state index contributed by atoms with van der Waals surface area (Å²) in [6, 6.07) is 6.08. The number of carbonyl (C=O) groups excluding carboxylic acids is 1. The minimum Gasteiger partial charge on any atom is -0.435 e. The van der Waals surface area contributed by atoms with Crippen LogP contribution in [0.2, 0.25) is 0 Å². The zero-order chi connectivity index (χ0) is 16.0. The van der Waals surface area contributed by atoms with Crippen molar-refractivity contribution in [1.29, 1.82) is 0 Å². The summed E-state index contributed by atoms with van der Waals surface area (Å²) in [7, 11) is 1.73. The van der Waals surface area contributed by atoms with E-state index in [-0.39, 0.29) is 23.5 Å². The molecule has 0 fully saturated rings. The van der Waals surface area contributed by atoms with Gasteiger partial charge in [-0.3, -0.25) is 4.79 Å². The predicted molar refractivity (Wildman–Crippen MR) is 77.3 cm³/mol. The lowest BCUT2D eigenvalue weighted by atomic mass is 9.93. The third-order valence-corrected chi connectivity index (χ3v) is 3.15. The first kappa shape index (κ1) is 17.4. The molecule has 0 saturated carbocycles. The van der Waals surface area contributed by atoms with Crippen molar-refractivity contribution in [3.05, 3.63) is 29.8 Å². The molecular formula is C15H22F2N2O2. The van der Waals surface area contributed by atoms with E-state index >= 15 is 0 Å². The van der Waals surface area contributed by atoms with Crippen molar-refractivity contribution in [2.45, 2.75) is 26.9 Å². The molecule has 1 aromatic carbocycles. The maximum atomic E-state index is 12.1. The van der Waals surface area contributed by atoms with Gasteiger partial charge in [0.2, 0.25) is 5.91 Å². The normalized spacial score (nSPS) is 11.6. The number of benzene rings is 1. The van der Waals surface area contributed by atoms with Gasteiger partial charge in [0.1, 0.15) is 5.75 Å². The van der Waals surface area contributed by atoms with E-state index < -0.39 is 6.61 Å². The van der Waals surface area contributed by atoms with Gasteiger partial charge in [0, 0.05) is 13.6 Å². The lowest BCUT2D eigenvalue weighted by Crippen LogP contribution is -2.40. The highest BCUT2D eigenvalue weighted by Gasteiger charge is 2.21. The van der Waals surface area contributed by atoms with Crippen molar-refractivity contribution >= 4 is 5.91 Å². The summed E-state index contributed by atoms with van der Waals surface area (Å²) < 4.78 is 28.3. The molecule has 0 saturated heterocycles. The Morgan fingerprint density at radius 3 is 2.38 bits per heavy atom. The number of hydrogen-bond donors (Lipinski definition) is 1. The van der Waals surface area contributed by atoms with Crippen LogP contribution in [0.15, 0.2) is 24.3 Å². The Kier molecular flexibility index (Phi) is 6.08. The van der Waals surface area contributed by atoms with Crippen LogP contribution in [0.25, 0.3) is 0 Å². The number of likely N-dealkylation sites (N-methyl/N-ethyl adjacent to an activating group) is 1. The Morgan fingerprint density at radius 2 is 1.90 bits per heavy atom. The van der Waals surface area contributed by atoms with Gasteiger partial charge < -0.3 is 15.4 Å². The number of ether oxygens (including phenoxy) is 1. The Labute approximate surface area is 123 Å². The molecular weight excluding hydrogens is 278 g/mol. The van der Waals surface area contributed by atoms with Crippen molar-refractivity contribution < 1.29 is 18.3 Å². The lowest BCUT2D eigenvalue weighted by Gasteiger charge is -2.29. The van der Waals surface area contributed by atoms with Gasteiger partial charge in [-0.15, -0.1) is 0 Å². The first-order chi connectivity index (χ1) is 9.73. The molecule has 0 spiro atoms.